The molecule has 0 spiro atoms. The highest BCUT2D eigenvalue weighted by Crippen LogP contribution is 2.30. The second-order valence-electron chi connectivity index (χ2n) is 8.98. The van der Waals surface area contributed by atoms with Gasteiger partial charge < -0.3 is 15.0 Å². The van der Waals surface area contributed by atoms with Crippen LogP contribution in [0, 0.1) is 6.92 Å². The van der Waals surface area contributed by atoms with E-state index in [9.17, 15) is 18.0 Å². The summed E-state index contributed by atoms with van der Waals surface area (Å²) >= 11 is 6.21. The Bertz CT molecular complexity index is 1170. The number of hydrogen-bond donors (Lipinski definition) is 1. The Labute approximate surface area is 226 Å². The van der Waals surface area contributed by atoms with Gasteiger partial charge in [0.25, 0.3) is 0 Å². The van der Waals surface area contributed by atoms with Gasteiger partial charge in [0.2, 0.25) is 21.8 Å². The summed E-state index contributed by atoms with van der Waals surface area (Å²) in [6.45, 7) is 6.75. The topological polar surface area (TPSA) is 96.0 Å². The molecule has 204 valence electrons. The minimum absolute atomic E-state index is 0.0826. The van der Waals surface area contributed by atoms with Gasteiger partial charge in [-0.1, -0.05) is 55.3 Å². The lowest BCUT2D eigenvalue weighted by molar-refractivity contribution is -0.141. The molecule has 0 aliphatic rings. The van der Waals surface area contributed by atoms with Gasteiger partial charge in [-0.05, 0) is 49.9 Å². The first kappa shape index (κ1) is 30.4. The number of carbonyl (C=O) groups is 2. The van der Waals surface area contributed by atoms with Crippen LogP contribution in [-0.2, 0) is 26.2 Å². The number of rotatable bonds is 14. The summed E-state index contributed by atoms with van der Waals surface area (Å²) in [5.41, 5.74) is 2.39. The van der Waals surface area contributed by atoms with Crippen LogP contribution in [0.3, 0.4) is 0 Å². The van der Waals surface area contributed by atoms with E-state index in [1.165, 1.54) is 17.5 Å². The largest absolute Gasteiger partial charge is 0.495 e. The van der Waals surface area contributed by atoms with E-state index in [0.717, 1.165) is 23.8 Å². The molecule has 0 radical (unpaired) electrons. The molecule has 10 heteroatoms. The Morgan fingerprint density at radius 1 is 1.14 bits per heavy atom. The van der Waals surface area contributed by atoms with Crippen molar-refractivity contribution in [2.24, 2.45) is 0 Å². The first-order valence-electron chi connectivity index (χ1n) is 12.5. The van der Waals surface area contributed by atoms with Gasteiger partial charge in [-0.3, -0.25) is 13.9 Å². The zero-order chi connectivity index (χ0) is 27.6. The molecule has 0 fully saturated rings. The third-order valence-electron chi connectivity index (χ3n) is 5.95. The fourth-order valence-corrected chi connectivity index (χ4v) is 5.32. The van der Waals surface area contributed by atoms with E-state index in [2.05, 4.69) is 5.32 Å². The van der Waals surface area contributed by atoms with Crippen molar-refractivity contribution >= 4 is 39.1 Å². The minimum Gasteiger partial charge on any atom is -0.495 e. The molecular weight excluding hydrogens is 514 g/mol. The molecule has 8 nitrogen and oxygen atoms in total. The normalized spacial score (nSPS) is 12.1. The second-order valence-corrected chi connectivity index (χ2v) is 11.3. The van der Waals surface area contributed by atoms with Crippen LogP contribution in [0.5, 0.6) is 5.75 Å². The fourth-order valence-electron chi connectivity index (χ4n) is 4.11. The predicted octanol–water partition coefficient (Wildman–Crippen LogP) is 4.54. The number of hydrogen-bond acceptors (Lipinski definition) is 5. The zero-order valence-corrected chi connectivity index (χ0v) is 23.9. The number of amides is 2. The van der Waals surface area contributed by atoms with Gasteiger partial charge in [0, 0.05) is 26.1 Å². The maximum absolute atomic E-state index is 13.5. The molecule has 0 bridgehead atoms. The quantitative estimate of drug-likeness (QED) is 0.372. The number of aryl methyl sites for hydroxylation is 1. The summed E-state index contributed by atoms with van der Waals surface area (Å²) in [5.74, 6) is 0.0463. The third kappa shape index (κ3) is 8.93. The van der Waals surface area contributed by atoms with E-state index in [1.807, 2.05) is 45.0 Å². The summed E-state index contributed by atoms with van der Waals surface area (Å²) in [4.78, 5) is 28.0. The highest BCUT2D eigenvalue weighted by atomic mass is 35.5. The summed E-state index contributed by atoms with van der Waals surface area (Å²) in [6, 6.07) is 12.0. The van der Waals surface area contributed by atoms with Crippen molar-refractivity contribution < 1.29 is 22.7 Å². The molecule has 0 saturated carbocycles. The van der Waals surface area contributed by atoms with Crippen LogP contribution in [0.1, 0.15) is 50.7 Å². The minimum atomic E-state index is -3.63. The number of methoxy groups -OCH3 is 1. The number of ether oxygens (including phenoxy) is 1. The van der Waals surface area contributed by atoms with E-state index < -0.39 is 16.1 Å². The van der Waals surface area contributed by atoms with Crippen LogP contribution in [0.25, 0.3) is 0 Å². The molecule has 2 aromatic rings. The number of sulfonamides is 1. The maximum atomic E-state index is 13.5. The van der Waals surface area contributed by atoms with E-state index >= 15 is 0 Å². The van der Waals surface area contributed by atoms with Gasteiger partial charge in [0.1, 0.15) is 11.8 Å². The van der Waals surface area contributed by atoms with Gasteiger partial charge in [-0.25, -0.2) is 8.42 Å². The van der Waals surface area contributed by atoms with Crippen molar-refractivity contribution in [1.29, 1.82) is 0 Å². The Kier molecular flexibility index (Phi) is 11.7. The van der Waals surface area contributed by atoms with Crippen LogP contribution in [-0.4, -0.2) is 57.6 Å². The predicted molar refractivity (Wildman–Crippen MR) is 149 cm³/mol. The smallest absolute Gasteiger partial charge is 0.242 e. The van der Waals surface area contributed by atoms with Crippen molar-refractivity contribution in [3.8, 4) is 5.75 Å². The monoisotopic (exact) mass is 551 g/mol. The molecule has 0 heterocycles. The number of halogens is 1. The lowest BCUT2D eigenvalue weighted by Gasteiger charge is -2.31. The highest BCUT2D eigenvalue weighted by Gasteiger charge is 2.28. The molecule has 1 N–H and O–H groups in total. The zero-order valence-electron chi connectivity index (χ0n) is 22.3. The van der Waals surface area contributed by atoms with Crippen molar-refractivity contribution in [2.45, 2.75) is 59.0 Å². The summed E-state index contributed by atoms with van der Waals surface area (Å²) in [6.07, 6.45) is 2.73. The maximum Gasteiger partial charge on any atom is 0.242 e. The fraction of sp³-hybridized carbons (Fsp3) is 0.481. The number of anilines is 1. The van der Waals surface area contributed by atoms with Gasteiger partial charge in [0.05, 0.1) is 24.1 Å². The molecule has 2 aromatic carbocycles. The van der Waals surface area contributed by atoms with Crippen molar-refractivity contribution in [3.63, 3.8) is 0 Å². The van der Waals surface area contributed by atoms with Crippen LogP contribution in [0.4, 0.5) is 5.69 Å². The molecular formula is C27H38ClN3O5S. The van der Waals surface area contributed by atoms with Crippen LogP contribution >= 0.6 is 11.6 Å². The molecule has 0 aliphatic heterocycles. The highest BCUT2D eigenvalue weighted by molar-refractivity contribution is 7.92. The van der Waals surface area contributed by atoms with Gasteiger partial charge in [0.15, 0.2) is 0 Å². The Hall–Kier alpha value is -2.78. The molecule has 0 aromatic heterocycles. The number of nitrogens with zero attached hydrogens (tertiary/aromatic N) is 2. The van der Waals surface area contributed by atoms with Gasteiger partial charge in [-0.15, -0.1) is 0 Å². The molecule has 1 atom stereocenters. The number of carbonyl (C=O) groups excluding carboxylic acids is 2. The first-order valence-corrected chi connectivity index (χ1v) is 14.7. The van der Waals surface area contributed by atoms with E-state index in [1.54, 1.807) is 17.0 Å². The Morgan fingerprint density at radius 3 is 2.43 bits per heavy atom. The van der Waals surface area contributed by atoms with Gasteiger partial charge in [-0.2, -0.15) is 0 Å². The van der Waals surface area contributed by atoms with Crippen molar-refractivity contribution in [1.82, 2.24) is 10.2 Å². The Balaban J connectivity index is 2.22. The standard InChI is InChI=1S/C27H38ClN3O5S/c1-6-15-29-27(33)24(7-2)30(19-21-11-8-10-20(3)17-21)26(32)12-9-16-31(37(5,34)35)22-13-14-25(36-4)23(28)18-22/h8,10-11,13-14,17-18,24H,6-7,9,12,15-16,19H2,1-5H3,(H,29,33). The number of benzene rings is 2. The summed E-state index contributed by atoms with van der Waals surface area (Å²) < 4.78 is 31.4. The lowest BCUT2D eigenvalue weighted by Crippen LogP contribution is -2.49. The van der Waals surface area contributed by atoms with Crippen molar-refractivity contribution in [2.75, 3.05) is 30.8 Å². The molecule has 2 amide bonds. The third-order valence-corrected chi connectivity index (χ3v) is 7.44. The summed E-state index contributed by atoms with van der Waals surface area (Å²) in [7, 11) is -2.14. The summed E-state index contributed by atoms with van der Waals surface area (Å²) in [5, 5.41) is 3.19. The molecule has 0 saturated heterocycles. The molecule has 0 aliphatic carbocycles. The van der Waals surface area contributed by atoms with Crippen LogP contribution < -0.4 is 14.4 Å². The molecule has 2 rings (SSSR count). The Morgan fingerprint density at radius 2 is 1.86 bits per heavy atom. The molecule has 1 unspecified atom stereocenters. The number of nitrogens with one attached hydrogen (secondary N) is 1. The first-order chi connectivity index (χ1) is 17.5. The van der Waals surface area contributed by atoms with E-state index in [4.69, 9.17) is 16.3 Å². The average molecular weight is 552 g/mol. The SMILES string of the molecule is CCCNC(=O)C(CC)N(Cc1cccc(C)c1)C(=O)CCCN(c1ccc(OC)c(Cl)c1)S(C)(=O)=O. The second kappa shape index (κ2) is 14.2. The average Bonchev–Trinajstić information content (AvgIpc) is 2.84. The lowest BCUT2D eigenvalue weighted by atomic mass is 10.1. The van der Waals surface area contributed by atoms with Crippen LogP contribution in [0.2, 0.25) is 5.02 Å². The van der Waals surface area contributed by atoms with Gasteiger partial charge >= 0.3 is 0 Å². The van der Waals surface area contributed by atoms with E-state index in [0.29, 0.717) is 30.9 Å². The molecule has 37 heavy (non-hydrogen) atoms. The van der Waals surface area contributed by atoms with Crippen molar-refractivity contribution in [3.05, 3.63) is 58.6 Å². The van der Waals surface area contributed by atoms with E-state index in [-0.39, 0.29) is 36.2 Å². The van der Waals surface area contributed by atoms with Crippen LogP contribution in [0.15, 0.2) is 42.5 Å².